The highest BCUT2D eigenvalue weighted by Gasteiger charge is 2.08. The van der Waals surface area contributed by atoms with Crippen molar-refractivity contribution < 1.29 is 5.11 Å². The van der Waals surface area contributed by atoms with Crippen molar-refractivity contribution in [3.63, 3.8) is 0 Å². The highest BCUT2D eigenvalue weighted by molar-refractivity contribution is 6.42. The molecule has 0 aliphatic carbocycles. The Bertz CT molecular complexity index is 295. The molecule has 1 aromatic carbocycles. The van der Waals surface area contributed by atoms with E-state index in [0.717, 1.165) is 5.56 Å². The van der Waals surface area contributed by atoms with Crippen molar-refractivity contribution in [2.45, 2.75) is 19.8 Å². The molecular formula is C9H10Cl2O. The lowest BCUT2D eigenvalue weighted by Gasteiger charge is -2.09. The Morgan fingerprint density at radius 2 is 1.67 bits per heavy atom. The number of hydrogen-bond acceptors (Lipinski definition) is 1. The summed E-state index contributed by atoms with van der Waals surface area (Å²) in [6.45, 7) is 3.97. The maximum Gasteiger partial charge on any atom is 0.120 e. The van der Waals surface area contributed by atoms with Crippen molar-refractivity contribution in [1.29, 1.82) is 0 Å². The van der Waals surface area contributed by atoms with Crippen LogP contribution >= 0.6 is 23.2 Å². The largest absolute Gasteiger partial charge is 0.508 e. The molecule has 0 spiro atoms. The number of benzene rings is 1. The zero-order chi connectivity index (χ0) is 9.30. The molecule has 0 heterocycles. The zero-order valence-electron chi connectivity index (χ0n) is 6.94. The summed E-state index contributed by atoms with van der Waals surface area (Å²) in [5.41, 5.74) is 0.824. The van der Waals surface area contributed by atoms with Gasteiger partial charge < -0.3 is 5.11 Å². The fourth-order valence-electron chi connectivity index (χ4n) is 1.01. The lowest BCUT2D eigenvalue weighted by atomic mass is 10.0. The van der Waals surface area contributed by atoms with Gasteiger partial charge in [0.1, 0.15) is 5.75 Å². The molecule has 0 aliphatic heterocycles. The van der Waals surface area contributed by atoms with Gasteiger partial charge in [0.2, 0.25) is 0 Å². The Labute approximate surface area is 81.9 Å². The average molecular weight is 205 g/mol. The van der Waals surface area contributed by atoms with Crippen LogP contribution in [0.15, 0.2) is 12.1 Å². The van der Waals surface area contributed by atoms with Crippen LogP contribution in [-0.4, -0.2) is 5.11 Å². The number of halogens is 2. The Morgan fingerprint density at radius 1 is 1.17 bits per heavy atom. The molecule has 0 saturated carbocycles. The second-order valence-electron chi connectivity index (χ2n) is 2.98. The highest BCUT2D eigenvalue weighted by atomic mass is 35.5. The van der Waals surface area contributed by atoms with Crippen LogP contribution in [-0.2, 0) is 0 Å². The van der Waals surface area contributed by atoms with Crippen molar-refractivity contribution >= 4 is 23.2 Å². The van der Waals surface area contributed by atoms with Gasteiger partial charge in [0, 0.05) is 6.07 Å². The molecule has 0 aromatic heterocycles. The lowest BCUT2D eigenvalue weighted by Crippen LogP contribution is -1.88. The highest BCUT2D eigenvalue weighted by Crippen LogP contribution is 2.33. The molecule has 0 saturated heterocycles. The summed E-state index contributed by atoms with van der Waals surface area (Å²) in [7, 11) is 0. The zero-order valence-corrected chi connectivity index (χ0v) is 8.45. The monoisotopic (exact) mass is 204 g/mol. The molecule has 0 aliphatic rings. The van der Waals surface area contributed by atoms with Gasteiger partial charge in [-0.3, -0.25) is 0 Å². The van der Waals surface area contributed by atoms with Gasteiger partial charge in [-0.2, -0.15) is 0 Å². The number of hydrogen-bond donors (Lipinski definition) is 1. The predicted molar refractivity (Wildman–Crippen MR) is 52.2 cm³/mol. The molecule has 1 aromatic rings. The van der Waals surface area contributed by atoms with E-state index in [2.05, 4.69) is 0 Å². The normalized spacial score (nSPS) is 10.8. The molecule has 0 atom stereocenters. The molecular weight excluding hydrogens is 195 g/mol. The quantitative estimate of drug-likeness (QED) is 0.738. The summed E-state index contributed by atoms with van der Waals surface area (Å²) in [6, 6.07) is 3.17. The van der Waals surface area contributed by atoms with Crippen LogP contribution in [0, 0.1) is 0 Å². The van der Waals surface area contributed by atoms with Crippen molar-refractivity contribution in [3.8, 4) is 5.75 Å². The number of rotatable bonds is 1. The molecule has 0 fully saturated rings. The van der Waals surface area contributed by atoms with Gasteiger partial charge in [-0.1, -0.05) is 37.0 Å². The molecule has 1 rings (SSSR count). The van der Waals surface area contributed by atoms with Gasteiger partial charge in [-0.15, -0.1) is 0 Å². The number of phenolic OH excluding ortho intramolecular Hbond substituents is 1. The molecule has 3 heteroatoms. The molecule has 0 radical (unpaired) electrons. The topological polar surface area (TPSA) is 20.2 Å². The molecule has 12 heavy (non-hydrogen) atoms. The first-order valence-electron chi connectivity index (χ1n) is 3.70. The van der Waals surface area contributed by atoms with E-state index in [0.29, 0.717) is 10.0 Å². The van der Waals surface area contributed by atoms with Crippen molar-refractivity contribution in [2.24, 2.45) is 0 Å². The van der Waals surface area contributed by atoms with Gasteiger partial charge >= 0.3 is 0 Å². The van der Waals surface area contributed by atoms with E-state index >= 15 is 0 Å². The Morgan fingerprint density at radius 3 is 2.17 bits per heavy atom. The van der Waals surface area contributed by atoms with Crippen LogP contribution in [0.25, 0.3) is 0 Å². The predicted octanol–water partition coefficient (Wildman–Crippen LogP) is 3.82. The minimum atomic E-state index is 0.208. The van der Waals surface area contributed by atoms with E-state index in [1.807, 2.05) is 13.8 Å². The SMILES string of the molecule is CC(C)c1cc(Cl)c(Cl)cc1O. The number of aromatic hydroxyl groups is 1. The minimum absolute atomic E-state index is 0.208. The Kier molecular flexibility index (Phi) is 2.86. The van der Waals surface area contributed by atoms with E-state index < -0.39 is 0 Å². The first kappa shape index (κ1) is 9.69. The van der Waals surface area contributed by atoms with Crippen LogP contribution < -0.4 is 0 Å². The molecule has 0 bridgehead atoms. The number of phenols is 1. The molecule has 1 nitrogen and oxygen atoms in total. The lowest BCUT2D eigenvalue weighted by molar-refractivity contribution is 0.465. The van der Waals surface area contributed by atoms with Gasteiger partial charge in [-0.05, 0) is 17.5 Å². The Hall–Kier alpha value is -0.400. The fourth-order valence-corrected chi connectivity index (χ4v) is 1.34. The van der Waals surface area contributed by atoms with Crippen molar-refractivity contribution in [3.05, 3.63) is 27.7 Å². The summed E-state index contributed by atoms with van der Waals surface area (Å²) in [5, 5.41) is 10.3. The van der Waals surface area contributed by atoms with Crippen molar-refractivity contribution in [2.75, 3.05) is 0 Å². The Balaban J connectivity index is 3.23. The van der Waals surface area contributed by atoms with Crippen LogP contribution in [0.1, 0.15) is 25.3 Å². The maximum absolute atomic E-state index is 9.44. The fraction of sp³-hybridized carbons (Fsp3) is 0.333. The summed E-state index contributed by atoms with van der Waals surface area (Å²) >= 11 is 11.5. The molecule has 66 valence electrons. The van der Waals surface area contributed by atoms with E-state index in [4.69, 9.17) is 23.2 Å². The second kappa shape index (κ2) is 3.55. The van der Waals surface area contributed by atoms with E-state index in [9.17, 15) is 5.11 Å². The standard InChI is InChI=1S/C9H10Cl2O/c1-5(2)6-3-7(10)8(11)4-9(6)12/h3-5,12H,1-2H3. The van der Waals surface area contributed by atoms with Gasteiger partial charge in [0.05, 0.1) is 10.0 Å². The molecule has 1 N–H and O–H groups in total. The van der Waals surface area contributed by atoms with Crippen LogP contribution in [0.2, 0.25) is 10.0 Å². The second-order valence-corrected chi connectivity index (χ2v) is 3.79. The van der Waals surface area contributed by atoms with Gasteiger partial charge in [-0.25, -0.2) is 0 Å². The van der Waals surface area contributed by atoms with Gasteiger partial charge in [0.15, 0.2) is 0 Å². The van der Waals surface area contributed by atoms with Crippen LogP contribution in [0.3, 0.4) is 0 Å². The first-order valence-corrected chi connectivity index (χ1v) is 4.46. The smallest absolute Gasteiger partial charge is 0.120 e. The van der Waals surface area contributed by atoms with Gasteiger partial charge in [0.25, 0.3) is 0 Å². The summed E-state index contributed by atoms with van der Waals surface area (Å²) in [4.78, 5) is 0. The average Bonchev–Trinajstić information content (AvgIpc) is 1.96. The molecule has 0 unspecified atom stereocenters. The first-order chi connectivity index (χ1) is 5.52. The van der Waals surface area contributed by atoms with E-state index in [-0.39, 0.29) is 11.7 Å². The van der Waals surface area contributed by atoms with E-state index in [1.54, 1.807) is 6.07 Å². The summed E-state index contributed by atoms with van der Waals surface area (Å²) in [6.07, 6.45) is 0. The molecule has 0 amide bonds. The third-order valence-electron chi connectivity index (χ3n) is 1.69. The van der Waals surface area contributed by atoms with Crippen LogP contribution in [0.4, 0.5) is 0 Å². The third-order valence-corrected chi connectivity index (χ3v) is 2.41. The maximum atomic E-state index is 9.44. The van der Waals surface area contributed by atoms with Crippen LogP contribution in [0.5, 0.6) is 5.75 Å². The summed E-state index contributed by atoms with van der Waals surface area (Å²) < 4.78 is 0. The summed E-state index contributed by atoms with van der Waals surface area (Å²) in [5.74, 6) is 0.458. The minimum Gasteiger partial charge on any atom is -0.508 e. The third kappa shape index (κ3) is 1.85. The van der Waals surface area contributed by atoms with E-state index in [1.165, 1.54) is 6.07 Å². The van der Waals surface area contributed by atoms with Crippen molar-refractivity contribution in [1.82, 2.24) is 0 Å².